The number of phenols is 1. The first-order valence-electron chi connectivity index (χ1n) is 6.95. The zero-order chi connectivity index (χ0) is 15.7. The molecule has 22 heavy (non-hydrogen) atoms. The molecule has 3 rings (SSSR count). The molecule has 0 bridgehead atoms. The molecule has 7 nitrogen and oxygen atoms in total. The number of aryl methyl sites for hydroxylation is 1. The summed E-state index contributed by atoms with van der Waals surface area (Å²) in [5.74, 6) is 0.669. The van der Waals surface area contributed by atoms with Crippen molar-refractivity contribution in [1.29, 1.82) is 0 Å². The summed E-state index contributed by atoms with van der Waals surface area (Å²) in [6, 6.07) is 7.08. The molecular formula is C15H16N4O3. The van der Waals surface area contributed by atoms with Crippen LogP contribution in [0, 0.1) is 10.1 Å². The largest absolute Gasteiger partial charge is 0.508 e. The number of nitro groups is 1. The van der Waals surface area contributed by atoms with E-state index in [9.17, 15) is 15.2 Å². The Balaban J connectivity index is 1.83. The molecule has 2 aromatic rings. The Morgan fingerprint density at radius 1 is 1.32 bits per heavy atom. The van der Waals surface area contributed by atoms with Gasteiger partial charge in [0.05, 0.1) is 0 Å². The van der Waals surface area contributed by atoms with Crippen LogP contribution in [0.5, 0.6) is 5.75 Å². The van der Waals surface area contributed by atoms with Gasteiger partial charge in [0.2, 0.25) is 12.1 Å². The van der Waals surface area contributed by atoms with Crippen LogP contribution in [0.4, 0.5) is 11.6 Å². The highest BCUT2D eigenvalue weighted by Crippen LogP contribution is 2.30. The topological polar surface area (TPSA) is 84.4 Å². The van der Waals surface area contributed by atoms with Gasteiger partial charge in [-0.2, -0.15) is 0 Å². The first-order valence-corrected chi connectivity index (χ1v) is 6.95. The van der Waals surface area contributed by atoms with E-state index in [-0.39, 0.29) is 11.6 Å². The van der Waals surface area contributed by atoms with Crippen LogP contribution < -0.4 is 4.90 Å². The van der Waals surface area contributed by atoms with E-state index < -0.39 is 4.92 Å². The zero-order valence-electron chi connectivity index (χ0n) is 12.1. The summed E-state index contributed by atoms with van der Waals surface area (Å²) in [5, 5.41) is 20.4. The molecular weight excluding hydrogens is 284 g/mol. The Morgan fingerprint density at radius 2 is 2.05 bits per heavy atom. The van der Waals surface area contributed by atoms with Crippen molar-refractivity contribution in [3.63, 3.8) is 0 Å². The minimum absolute atomic E-state index is 0.107. The van der Waals surface area contributed by atoms with Gasteiger partial charge in [-0.05, 0) is 39.6 Å². The molecule has 0 unspecified atom stereocenters. The van der Waals surface area contributed by atoms with Crippen molar-refractivity contribution < 1.29 is 10.0 Å². The van der Waals surface area contributed by atoms with E-state index in [2.05, 4.69) is 11.1 Å². The molecule has 0 spiro atoms. The molecule has 114 valence electrons. The highest BCUT2D eigenvalue weighted by molar-refractivity contribution is 5.69. The van der Waals surface area contributed by atoms with Gasteiger partial charge in [-0.25, -0.2) is 0 Å². The summed E-state index contributed by atoms with van der Waals surface area (Å²) >= 11 is 0. The Morgan fingerprint density at radius 3 is 2.64 bits per heavy atom. The van der Waals surface area contributed by atoms with E-state index >= 15 is 0 Å². The quantitative estimate of drug-likeness (QED) is 0.694. The van der Waals surface area contributed by atoms with Crippen LogP contribution in [-0.2, 0) is 7.05 Å². The fraction of sp³-hybridized carbons (Fsp3) is 0.267. The van der Waals surface area contributed by atoms with Crippen molar-refractivity contribution in [2.24, 2.45) is 7.05 Å². The van der Waals surface area contributed by atoms with E-state index in [0.29, 0.717) is 18.9 Å². The average Bonchev–Trinajstić information content (AvgIpc) is 2.90. The molecule has 0 saturated carbocycles. The molecule has 0 aliphatic carbocycles. The molecule has 1 aromatic carbocycles. The predicted octanol–water partition coefficient (Wildman–Crippen LogP) is 2.33. The predicted molar refractivity (Wildman–Crippen MR) is 82.8 cm³/mol. The summed E-state index contributed by atoms with van der Waals surface area (Å²) in [6.45, 7) is 1.28. The van der Waals surface area contributed by atoms with Gasteiger partial charge in [-0.3, -0.25) is 4.57 Å². The summed E-state index contributed by atoms with van der Waals surface area (Å²) in [4.78, 5) is 16.4. The van der Waals surface area contributed by atoms with Crippen LogP contribution in [0.2, 0.25) is 0 Å². The van der Waals surface area contributed by atoms with Crippen LogP contribution >= 0.6 is 0 Å². The maximum absolute atomic E-state index is 11.1. The minimum Gasteiger partial charge on any atom is -0.508 e. The van der Waals surface area contributed by atoms with Gasteiger partial charge in [-0.15, -0.1) is 0 Å². The van der Waals surface area contributed by atoms with Gasteiger partial charge in [0.25, 0.3) is 0 Å². The van der Waals surface area contributed by atoms with Crippen molar-refractivity contribution >= 4 is 17.2 Å². The molecule has 1 aliphatic rings. The summed E-state index contributed by atoms with van der Waals surface area (Å²) in [7, 11) is 1.76. The minimum atomic E-state index is -0.450. The molecule has 2 heterocycles. The standard InChI is InChI=1S/C15H16N4O3/c1-17-10-16-14(19(21)22)15(17)18-8-6-12(7-9-18)11-2-4-13(20)5-3-11/h2-6,10,20H,7-9H2,1H3. The van der Waals surface area contributed by atoms with Crippen LogP contribution in [0.3, 0.4) is 0 Å². The van der Waals surface area contributed by atoms with Crippen LogP contribution in [0.25, 0.3) is 5.57 Å². The summed E-state index contributed by atoms with van der Waals surface area (Å²) < 4.78 is 1.68. The normalized spacial score (nSPS) is 14.8. The van der Waals surface area contributed by atoms with Crippen LogP contribution in [-0.4, -0.2) is 32.7 Å². The summed E-state index contributed by atoms with van der Waals surface area (Å²) in [5.41, 5.74) is 2.25. The number of hydrogen-bond donors (Lipinski definition) is 1. The maximum atomic E-state index is 11.1. The van der Waals surface area contributed by atoms with Gasteiger partial charge in [0.1, 0.15) is 5.75 Å². The lowest BCUT2D eigenvalue weighted by molar-refractivity contribution is -0.388. The Hall–Kier alpha value is -2.83. The lowest BCUT2D eigenvalue weighted by atomic mass is 9.99. The number of hydrogen-bond acceptors (Lipinski definition) is 5. The molecule has 0 saturated heterocycles. The lowest BCUT2D eigenvalue weighted by Crippen LogP contribution is -2.30. The lowest BCUT2D eigenvalue weighted by Gasteiger charge is -2.27. The smallest absolute Gasteiger partial charge is 0.406 e. The number of benzene rings is 1. The SMILES string of the molecule is Cn1cnc([N+](=O)[O-])c1N1CC=C(c2ccc(O)cc2)CC1. The fourth-order valence-electron chi connectivity index (χ4n) is 2.70. The molecule has 0 amide bonds. The van der Waals surface area contributed by atoms with Gasteiger partial charge in [0, 0.05) is 20.1 Å². The number of aromatic hydroxyl groups is 1. The van der Waals surface area contributed by atoms with Gasteiger partial charge in [-0.1, -0.05) is 18.2 Å². The third-order valence-electron chi connectivity index (χ3n) is 3.81. The van der Waals surface area contributed by atoms with E-state index in [1.807, 2.05) is 17.0 Å². The molecule has 0 radical (unpaired) electrons. The Kier molecular flexibility index (Phi) is 3.54. The van der Waals surface area contributed by atoms with Crippen molar-refractivity contribution in [3.8, 4) is 5.75 Å². The third kappa shape index (κ3) is 2.52. The zero-order valence-corrected chi connectivity index (χ0v) is 12.1. The van der Waals surface area contributed by atoms with Crippen molar-refractivity contribution in [2.75, 3.05) is 18.0 Å². The van der Waals surface area contributed by atoms with Crippen LogP contribution in [0.1, 0.15) is 12.0 Å². The monoisotopic (exact) mass is 300 g/mol. The van der Waals surface area contributed by atoms with Gasteiger partial charge < -0.3 is 20.1 Å². The highest BCUT2D eigenvalue weighted by atomic mass is 16.6. The second-order valence-corrected chi connectivity index (χ2v) is 5.23. The number of rotatable bonds is 3. The molecule has 1 N–H and O–H groups in total. The molecule has 0 atom stereocenters. The molecule has 0 fully saturated rings. The summed E-state index contributed by atoms with van der Waals surface area (Å²) in [6.07, 6.45) is 4.31. The number of imidazole rings is 1. The number of aromatic nitrogens is 2. The van der Waals surface area contributed by atoms with Gasteiger partial charge >= 0.3 is 5.82 Å². The van der Waals surface area contributed by atoms with E-state index in [0.717, 1.165) is 12.0 Å². The number of nitrogens with zero attached hydrogens (tertiary/aromatic N) is 4. The molecule has 1 aliphatic heterocycles. The molecule has 7 heteroatoms. The maximum Gasteiger partial charge on any atom is 0.406 e. The Labute approximate surface area is 127 Å². The third-order valence-corrected chi connectivity index (χ3v) is 3.81. The first kappa shape index (κ1) is 14.1. The second kappa shape index (κ2) is 5.51. The molecule has 1 aromatic heterocycles. The number of phenolic OH excluding ortho intramolecular Hbond substituents is 1. The van der Waals surface area contributed by atoms with E-state index in [1.165, 1.54) is 11.9 Å². The van der Waals surface area contributed by atoms with E-state index in [4.69, 9.17) is 0 Å². The first-order chi connectivity index (χ1) is 10.6. The second-order valence-electron chi connectivity index (χ2n) is 5.23. The highest BCUT2D eigenvalue weighted by Gasteiger charge is 2.26. The van der Waals surface area contributed by atoms with Crippen LogP contribution in [0.15, 0.2) is 36.7 Å². The van der Waals surface area contributed by atoms with Crippen molar-refractivity contribution in [2.45, 2.75) is 6.42 Å². The fourth-order valence-corrected chi connectivity index (χ4v) is 2.70. The van der Waals surface area contributed by atoms with E-state index in [1.54, 1.807) is 23.7 Å². The van der Waals surface area contributed by atoms with Gasteiger partial charge in [0.15, 0.2) is 0 Å². The number of anilines is 1. The van der Waals surface area contributed by atoms with Crippen molar-refractivity contribution in [1.82, 2.24) is 9.55 Å². The van der Waals surface area contributed by atoms with Crippen molar-refractivity contribution in [3.05, 3.63) is 52.3 Å². The Bertz CT molecular complexity index is 734. The average molecular weight is 300 g/mol.